The van der Waals surface area contributed by atoms with Crippen molar-refractivity contribution in [3.05, 3.63) is 24.3 Å². The van der Waals surface area contributed by atoms with E-state index in [0.717, 1.165) is 64.2 Å². The molecule has 0 aromatic heterocycles. The van der Waals surface area contributed by atoms with Crippen LogP contribution >= 0.6 is 0 Å². The number of carbonyl (C=O) groups excluding carboxylic acids is 1. The highest BCUT2D eigenvalue weighted by Crippen LogP contribution is 2.23. The van der Waals surface area contributed by atoms with Gasteiger partial charge in [0, 0.05) is 6.42 Å². The van der Waals surface area contributed by atoms with Crippen LogP contribution < -0.4 is 5.32 Å². The summed E-state index contributed by atoms with van der Waals surface area (Å²) < 4.78 is 11.2. The molecule has 1 aliphatic heterocycles. The molecular weight excluding hydrogens is 743 g/mol. The summed E-state index contributed by atoms with van der Waals surface area (Å²) in [5, 5.41) is 54.2. The number of amides is 1. The van der Waals surface area contributed by atoms with Crippen LogP contribution in [0.25, 0.3) is 0 Å². The lowest BCUT2D eigenvalue weighted by atomic mass is 9.99. The highest BCUT2D eigenvalue weighted by molar-refractivity contribution is 5.76. The first kappa shape index (κ1) is 55.7. The molecular formula is C50H95NO8. The van der Waals surface area contributed by atoms with Crippen LogP contribution in [-0.4, -0.2) is 87.5 Å². The molecule has 0 spiro atoms. The Balaban J connectivity index is 2.21. The van der Waals surface area contributed by atoms with Crippen molar-refractivity contribution >= 4 is 5.91 Å². The van der Waals surface area contributed by atoms with Gasteiger partial charge < -0.3 is 40.3 Å². The summed E-state index contributed by atoms with van der Waals surface area (Å²) in [6.07, 6.45) is 42.5. The number of rotatable bonds is 42. The average molecular weight is 838 g/mol. The van der Waals surface area contributed by atoms with Crippen molar-refractivity contribution in [2.24, 2.45) is 0 Å². The summed E-state index contributed by atoms with van der Waals surface area (Å²) >= 11 is 0. The summed E-state index contributed by atoms with van der Waals surface area (Å²) in [5.41, 5.74) is 0. The maximum Gasteiger partial charge on any atom is 0.220 e. The van der Waals surface area contributed by atoms with Crippen molar-refractivity contribution in [1.29, 1.82) is 0 Å². The third-order valence-corrected chi connectivity index (χ3v) is 12.0. The molecule has 6 N–H and O–H groups in total. The van der Waals surface area contributed by atoms with Crippen molar-refractivity contribution in [3.63, 3.8) is 0 Å². The summed E-state index contributed by atoms with van der Waals surface area (Å²) in [7, 11) is 0. The van der Waals surface area contributed by atoms with E-state index in [2.05, 4.69) is 31.3 Å². The molecule has 1 aliphatic rings. The van der Waals surface area contributed by atoms with E-state index in [1.807, 2.05) is 6.08 Å². The van der Waals surface area contributed by atoms with Gasteiger partial charge in [-0.3, -0.25) is 4.79 Å². The molecule has 9 nitrogen and oxygen atoms in total. The Labute approximate surface area is 362 Å². The quantitative estimate of drug-likeness (QED) is 0.0263. The van der Waals surface area contributed by atoms with Crippen LogP contribution in [0.3, 0.4) is 0 Å². The van der Waals surface area contributed by atoms with E-state index in [1.54, 1.807) is 6.08 Å². The molecule has 0 aromatic rings. The first-order chi connectivity index (χ1) is 28.8. The number of unbranched alkanes of at least 4 members (excludes halogenated alkanes) is 30. The summed E-state index contributed by atoms with van der Waals surface area (Å²) in [5.74, 6) is -0.188. The molecule has 0 radical (unpaired) electrons. The van der Waals surface area contributed by atoms with Crippen molar-refractivity contribution in [3.8, 4) is 0 Å². The Morgan fingerprint density at radius 3 is 1.44 bits per heavy atom. The van der Waals surface area contributed by atoms with Crippen LogP contribution in [0, 0.1) is 0 Å². The fraction of sp³-hybridized carbons (Fsp3) is 0.900. The third-order valence-electron chi connectivity index (χ3n) is 12.0. The molecule has 0 bridgehead atoms. The molecule has 0 saturated carbocycles. The van der Waals surface area contributed by atoms with E-state index in [9.17, 15) is 30.3 Å². The van der Waals surface area contributed by atoms with Crippen LogP contribution in [0.1, 0.15) is 232 Å². The minimum atomic E-state index is -1.57. The van der Waals surface area contributed by atoms with Gasteiger partial charge in [0.15, 0.2) is 6.29 Å². The lowest BCUT2D eigenvalue weighted by Crippen LogP contribution is -2.60. The second-order valence-corrected chi connectivity index (χ2v) is 17.6. The second kappa shape index (κ2) is 40.7. The van der Waals surface area contributed by atoms with Gasteiger partial charge in [0.1, 0.15) is 24.4 Å². The van der Waals surface area contributed by atoms with E-state index in [-0.39, 0.29) is 12.5 Å². The van der Waals surface area contributed by atoms with E-state index in [0.29, 0.717) is 6.42 Å². The fourth-order valence-corrected chi connectivity index (χ4v) is 7.98. The molecule has 0 aliphatic carbocycles. The zero-order valence-corrected chi connectivity index (χ0v) is 38.3. The maximum absolute atomic E-state index is 12.9. The Morgan fingerprint density at radius 2 is 0.983 bits per heavy atom. The number of nitrogens with one attached hydrogen (secondary N) is 1. The summed E-state index contributed by atoms with van der Waals surface area (Å²) in [4.78, 5) is 12.9. The molecule has 1 amide bonds. The topological polar surface area (TPSA) is 149 Å². The molecule has 1 rings (SSSR count). The van der Waals surface area contributed by atoms with Crippen LogP contribution in [0.5, 0.6) is 0 Å². The van der Waals surface area contributed by atoms with Crippen LogP contribution in [0.15, 0.2) is 24.3 Å². The van der Waals surface area contributed by atoms with Gasteiger partial charge in [-0.25, -0.2) is 0 Å². The Morgan fingerprint density at radius 1 is 0.559 bits per heavy atom. The van der Waals surface area contributed by atoms with Crippen molar-refractivity contribution in [1.82, 2.24) is 5.32 Å². The molecule has 348 valence electrons. The highest BCUT2D eigenvalue weighted by atomic mass is 16.7. The van der Waals surface area contributed by atoms with Crippen molar-refractivity contribution in [2.75, 3.05) is 13.2 Å². The highest BCUT2D eigenvalue weighted by Gasteiger charge is 2.44. The lowest BCUT2D eigenvalue weighted by molar-refractivity contribution is -0.302. The van der Waals surface area contributed by atoms with Crippen molar-refractivity contribution < 1.29 is 39.8 Å². The zero-order valence-electron chi connectivity index (χ0n) is 38.3. The van der Waals surface area contributed by atoms with Gasteiger partial charge >= 0.3 is 0 Å². The standard InChI is InChI=1S/C50H95NO8/c1-3-5-7-9-11-13-15-16-17-18-19-20-21-22-23-24-25-26-27-28-29-30-31-33-35-37-39-44(53)43(42-58-50-49(57)48(56)47(55)45(41-52)59-50)51-46(54)40-38-36-34-32-14-12-10-8-6-4-2/h8,10,37,39,43-45,47-50,52-53,55-57H,3-7,9,11-36,38,40-42H2,1-2H3,(H,51,54)/b10-8-,39-37+. The van der Waals surface area contributed by atoms with Gasteiger partial charge in [-0.15, -0.1) is 0 Å². The molecule has 7 unspecified atom stereocenters. The smallest absolute Gasteiger partial charge is 0.220 e. The molecule has 1 fully saturated rings. The number of carbonyl (C=O) groups is 1. The van der Waals surface area contributed by atoms with Gasteiger partial charge in [0.05, 0.1) is 25.4 Å². The second-order valence-electron chi connectivity index (χ2n) is 17.6. The number of hydrogen-bond acceptors (Lipinski definition) is 8. The first-order valence-corrected chi connectivity index (χ1v) is 25.1. The molecule has 1 saturated heterocycles. The Kier molecular flexibility index (Phi) is 38.4. The summed E-state index contributed by atoms with van der Waals surface area (Å²) in [6.45, 7) is 3.71. The third kappa shape index (κ3) is 31.2. The van der Waals surface area contributed by atoms with Crippen LogP contribution in [-0.2, 0) is 14.3 Å². The SMILES string of the molecule is CCC/C=C\CCCCCCCC(=O)NC(COC1OC(CO)C(O)C(O)C1O)C(O)/C=C/CCCCCCCCCCCCCCCCCCCCCCCCCC. The van der Waals surface area contributed by atoms with Gasteiger partial charge in [0.2, 0.25) is 5.91 Å². The van der Waals surface area contributed by atoms with Gasteiger partial charge in [-0.1, -0.05) is 212 Å². The number of aliphatic hydroxyl groups excluding tert-OH is 5. The zero-order chi connectivity index (χ0) is 43.0. The monoisotopic (exact) mass is 838 g/mol. The molecule has 7 atom stereocenters. The number of ether oxygens (including phenoxy) is 2. The predicted octanol–water partition coefficient (Wildman–Crippen LogP) is 11.1. The van der Waals surface area contributed by atoms with E-state index in [1.165, 1.54) is 148 Å². The largest absolute Gasteiger partial charge is 0.394 e. The first-order valence-electron chi connectivity index (χ1n) is 25.1. The number of allylic oxidation sites excluding steroid dienone is 3. The molecule has 59 heavy (non-hydrogen) atoms. The number of hydrogen-bond donors (Lipinski definition) is 6. The van der Waals surface area contributed by atoms with E-state index < -0.39 is 49.5 Å². The Bertz CT molecular complexity index is 977. The lowest BCUT2D eigenvalue weighted by Gasteiger charge is -2.40. The summed E-state index contributed by atoms with van der Waals surface area (Å²) in [6, 6.07) is -0.805. The minimum absolute atomic E-state index is 0.188. The van der Waals surface area contributed by atoms with Crippen LogP contribution in [0.2, 0.25) is 0 Å². The molecule has 9 heteroatoms. The van der Waals surface area contributed by atoms with Gasteiger partial charge in [-0.05, 0) is 38.5 Å². The maximum atomic E-state index is 12.9. The van der Waals surface area contributed by atoms with Gasteiger partial charge in [0.25, 0.3) is 0 Å². The minimum Gasteiger partial charge on any atom is -0.394 e. The molecule has 0 aromatic carbocycles. The number of aliphatic hydroxyl groups is 5. The van der Waals surface area contributed by atoms with E-state index >= 15 is 0 Å². The normalized spacial score (nSPS) is 20.8. The Hall–Kier alpha value is -1.33. The average Bonchev–Trinajstić information content (AvgIpc) is 3.23. The van der Waals surface area contributed by atoms with E-state index in [4.69, 9.17) is 9.47 Å². The van der Waals surface area contributed by atoms with Crippen molar-refractivity contribution in [2.45, 2.75) is 275 Å². The predicted molar refractivity (Wildman–Crippen MR) is 244 cm³/mol. The fourth-order valence-electron chi connectivity index (χ4n) is 7.98. The van der Waals surface area contributed by atoms with Crippen LogP contribution in [0.4, 0.5) is 0 Å². The van der Waals surface area contributed by atoms with Gasteiger partial charge in [-0.2, -0.15) is 0 Å². The molecule has 1 heterocycles.